The van der Waals surface area contributed by atoms with Gasteiger partial charge in [0.05, 0.1) is 0 Å². The molecule has 2 nitrogen and oxygen atoms in total. The molecule has 2 aromatic heterocycles. The van der Waals surface area contributed by atoms with E-state index in [1.165, 1.54) is 0 Å². The van der Waals surface area contributed by atoms with E-state index in [1.54, 1.807) is 12.1 Å². The molecule has 0 atom stereocenters. The quantitative estimate of drug-likeness (QED) is 0.637. The summed E-state index contributed by atoms with van der Waals surface area (Å²) in [5.41, 5.74) is 2.97. The van der Waals surface area contributed by atoms with Gasteiger partial charge in [-0.05, 0) is 50.6 Å². The minimum absolute atomic E-state index is 0.444. The summed E-state index contributed by atoms with van der Waals surface area (Å²) in [5, 5.41) is 1.65. The number of aromatic nitrogens is 2. The van der Waals surface area contributed by atoms with E-state index in [0.717, 1.165) is 17.0 Å². The van der Waals surface area contributed by atoms with Gasteiger partial charge >= 0.3 is 0 Å². The molecule has 2 heterocycles. The van der Waals surface area contributed by atoms with Crippen LogP contribution in [-0.2, 0) is 0 Å². The van der Waals surface area contributed by atoms with Gasteiger partial charge in [-0.3, -0.25) is 0 Å². The van der Waals surface area contributed by atoms with Crippen LogP contribution in [0.3, 0.4) is 0 Å². The molecule has 2 aromatic rings. The predicted molar refractivity (Wildman–Crippen MR) is 77.7 cm³/mol. The number of halogens is 3. The van der Waals surface area contributed by atoms with Crippen molar-refractivity contribution >= 4 is 34.8 Å². The third kappa shape index (κ3) is 5.67. The van der Waals surface area contributed by atoms with Crippen LogP contribution in [0.2, 0.25) is 15.3 Å². The van der Waals surface area contributed by atoms with Gasteiger partial charge in [0.15, 0.2) is 0 Å². The van der Waals surface area contributed by atoms with E-state index in [4.69, 9.17) is 34.8 Å². The van der Waals surface area contributed by atoms with Gasteiger partial charge in [-0.2, -0.15) is 0 Å². The van der Waals surface area contributed by atoms with Crippen molar-refractivity contribution in [3.05, 3.63) is 56.5 Å². The lowest BCUT2D eigenvalue weighted by atomic mass is 10.3. The second-order valence-corrected chi connectivity index (χ2v) is 5.07. The Bertz CT molecular complexity index is 391. The number of nitrogens with zero attached hydrogens (tertiary/aromatic N) is 2. The molecule has 0 aliphatic rings. The first-order chi connectivity index (χ1) is 8.36. The highest BCUT2D eigenvalue weighted by Crippen LogP contribution is 2.14. The zero-order valence-electron chi connectivity index (χ0n) is 10.3. The fourth-order valence-corrected chi connectivity index (χ4v) is 2.25. The Kier molecular flexibility index (Phi) is 5.86. The highest BCUT2D eigenvalue weighted by Gasteiger charge is 1.92. The summed E-state index contributed by atoms with van der Waals surface area (Å²) in [5.74, 6) is 0. The highest BCUT2D eigenvalue weighted by molar-refractivity contribution is 6.33. The van der Waals surface area contributed by atoms with E-state index in [0.29, 0.717) is 15.3 Å². The molecule has 0 amide bonds. The highest BCUT2D eigenvalue weighted by atomic mass is 35.5. The average Bonchev–Trinajstić information content (AvgIpc) is 2.12. The first-order valence-corrected chi connectivity index (χ1v) is 6.40. The topological polar surface area (TPSA) is 25.8 Å². The Hall–Kier alpha value is -0.830. The Morgan fingerprint density at radius 3 is 1.61 bits per heavy atom. The Morgan fingerprint density at radius 2 is 1.22 bits per heavy atom. The molecule has 0 unspecified atom stereocenters. The van der Waals surface area contributed by atoms with Crippen LogP contribution in [0.15, 0.2) is 24.3 Å². The van der Waals surface area contributed by atoms with Gasteiger partial charge in [0, 0.05) is 16.4 Å². The molecule has 0 saturated carbocycles. The van der Waals surface area contributed by atoms with Crippen molar-refractivity contribution in [3.63, 3.8) is 0 Å². The maximum absolute atomic E-state index is 5.64. The van der Waals surface area contributed by atoms with Crippen LogP contribution in [0, 0.1) is 20.8 Å². The van der Waals surface area contributed by atoms with Crippen LogP contribution in [0.25, 0.3) is 0 Å². The van der Waals surface area contributed by atoms with Gasteiger partial charge in [0.1, 0.15) is 10.3 Å². The van der Waals surface area contributed by atoms with Crippen molar-refractivity contribution < 1.29 is 0 Å². The molecule has 18 heavy (non-hydrogen) atoms. The molecule has 0 aromatic carbocycles. The van der Waals surface area contributed by atoms with Crippen molar-refractivity contribution in [1.29, 1.82) is 0 Å². The lowest BCUT2D eigenvalue weighted by Gasteiger charge is -1.94. The number of aryl methyl sites for hydroxylation is 3. The Labute approximate surface area is 122 Å². The van der Waals surface area contributed by atoms with Crippen LogP contribution in [-0.4, -0.2) is 9.97 Å². The SMILES string of the molecule is Cc1cc(C)nc(Cl)c1.Cc1cc(Cl)cc(Cl)n1. The molecule has 96 valence electrons. The first kappa shape index (κ1) is 15.2. The summed E-state index contributed by atoms with van der Waals surface area (Å²) >= 11 is 16.8. The van der Waals surface area contributed by atoms with Gasteiger partial charge < -0.3 is 0 Å². The smallest absolute Gasteiger partial charge is 0.130 e. The normalized spacial score (nSPS) is 9.67. The average molecular weight is 304 g/mol. The van der Waals surface area contributed by atoms with Crippen molar-refractivity contribution in [2.75, 3.05) is 0 Å². The fourth-order valence-electron chi connectivity index (χ4n) is 1.38. The fraction of sp³-hybridized carbons (Fsp3) is 0.231. The summed E-state index contributed by atoms with van der Waals surface area (Å²) in [6.07, 6.45) is 0. The molecular formula is C13H13Cl3N2. The molecule has 0 fully saturated rings. The van der Waals surface area contributed by atoms with Gasteiger partial charge in [0.25, 0.3) is 0 Å². The maximum atomic E-state index is 5.64. The van der Waals surface area contributed by atoms with E-state index in [9.17, 15) is 0 Å². The Morgan fingerprint density at radius 1 is 0.722 bits per heavy atom. The molecule has 0 bridgehead atoms. The number of hydrogen-bond donors (Lipinski definition) is 0. The first-order valence-electron chi connectivity index (χ1n) is 5.27. The minimum Gasteiger partial charge on any atom is -0.241 e. The lowest BCUT2D eigenvalue weighted by molar-refractivity contribution is 1.18. The predicted octanol–water partition coefficient (Wildman–Crippen LogP) is 5.05. The molecular weight excluding hydrogens is 291 g/mol. The van der Waals surface area contributed by atoms with E-state index in [1.807, 2.05) is 32.9 Å². The van der Waals surface area contributed by atoms with Crippen LogP contribution in [0.5, 0.6) is 0 Å². The van der Waals surface area contributed by atoms with E-state index < -0.39 is 0 Å². The van der Waals surface area contributed by atoms with Crippen molar-refractivity contribution in [3.8, 4) is 0 Å². The monoisotopic (exact) mass is 302 g/mol. The van der Waals surface area contributed by atoms with Gasteiger partial charge in [-0.25, -0.2) is 9.97 Å². The molecule has 0 aliphatic heterocycles. The molecule has 0 saturated heterocycles. The molecule has 5 heteroatoms. The van der Waals surface area contributed by atoms with Crippen LogP contribution < -0.4 is 0 Å². The zero-order valence-corrected chi connectivity index (χ0v) is 12.6. The minimum atomic E-state index is 0.444. The molecule has 0 radical (unpaired) electrons. The Balaban J connectivity index is 0.000000180. The summed E-state index contributed by atoms with van der Waals surface area (Å²) in [6.45, 7) is 5.78. The zero-order chi connectivity index (χ0) is 13.7. The second kappa shape index (κ2) is 6.93. The van der Waals surface area contributed by atoms with Crippen molar-refractivity contribution in [2.45, 2.75) is 20.8 Å². The molecule has 0 N–H and O–H groups in total. The van der Waals surface area contributed by atoms with Crippen LogP contribution >= 0.6 is 34.8 Å². The van der Waals surface area contributed by atoms with E-state index >= 15 is 0 Å². The maximum Gasteiger partial charge on any atom is 0.130 e. The largest absolute Gasteiger partial charge is 0.241 e. The molecule has 0 spiro atoms. The summed E-state index contributed by atoms with van der Waals surface area (Å²) < 4.78 is 0. The number of hydrogen-bond acceptors (Lipinski definition) is 2. The molecule has 2 rings (SSSR count). The summed E-state index contributed by atoms with van der Waals surface area (Å²) in [7, 11) is 0. The van der Waals surface area contributed by atoms with Gasteiger partial charge in [0.2, 0.25) is 0 Å². The summed E-state index contributed by atoms with van der Waals surface area (Å²) in [4.78, 5) is 7.92. The van der Waals surface area contributed by atoms with Gasteiger partial charge in [-0.1, -0.05) is 34.8 Å². The van der Waals surface area contributed by atoms with Crippen molar-refractivity contribution in [1.82, 2.24) is 9.97 Å². The van der Waals surface area contributed by atoms with Gasteiger partial charge in [-0.15, -0.1) is 0 Å². The van der Waals surface area contributed by atoms with Crippen LogP contribution in [0.1, 0.15) is 17.0 Å². The standard InChI is InChI=1S/C7H8ClN.C6H5Cl2N/c1-5-3-6(2)9-7(8)4-5;1-4-2-5(7)3-6(8)9-4/h3-4H,1-2H3;2-3H,1H3. The van der Waals surface area contributed by atoms with Crippen LogP contribution in [0.4, 0.5) is 0 Å². The molecule has 0 aliphatic carbocycles. The van der Waals surface area contributed by atoms with E-state index in [2.05, 4.69) is 9.97 Å². The van der Waals surface area contributed by atoms with E-state index in [-0.39, 0.29) is 0 Å². The van der Waals surface area contributed by atoms with Crippen molar-refractivity contribution in [2.24, 2.45) is 0 Å². The lowest BCUT2D eigenvalue weighted by Crippen LogP contribution is -1.82. The second-order valence-electron chi connectivity index (χ2n) is 3.86. The summed E-state index contributed by atoms with van der Waals surface area (Å²) in [6, 6.07) is 7.20. The number of pyridine rings is 2. The number of rotatable bonds is 0. The third-order valence-corrected chi connectivity index (χ3v) is 2.56. The third-order valence-electron chi connectivity index (χ3n) is 1.95.